The maximum Gasteiger partial charge on any atom is 0.144 e. The fourth-order valence-corrected chi connectivity index (χ4v) is 1.97. The Morgan fingerprint density at radius 2 is 2.00 bits per heavy atom. The van der Waals surface area contributed by atoms with Gasteiger partial charge >= 0.3 is 0 Å². The third-order valence-corrected chi connectivity index (χ3v) is 3.07. The van der Waals surface area contributed by atoms with Crippen LogP contribution >= 0.6 is 15.9 Å². The normalized spacial score (nSPS) is 14.7. The minimum absolute atomic E-state index is 0.00668. The molecule has 1 aromatic carbocycles. The average molecular weight is 308 g/mol. The molecular formula is C12H16BrF2NO. The number of aliphatic hydroxyl groups is 1. The highest BCUT2D eigenvalue weighted by Crippen LogP contribution is 2.21. The third kappa shape index (κ3) is 4.33. The van der Waals surface area contributed by atoms with Crippen molar-refractivity contribution in [2.75, 3.05) is 0 Å². The predicted molar refractivity (Wildman–Crippen MR) is 66.7 cm³/mol. The van der Waals surface area contributed by atoms with Gasteiger partial charge in [0.25, 0.3) is 0 Å². The van der Waals surface area contributed by atoms with E-state index in [4.69, 9.17) is 0 Å². The summed E-state index contributed by atoms with van der Waals surface area (Å²) in [5, 5.41) is 12.2. The first kappa shape index (κ1) is 14.5. The summed E-state index contributed by atoms with van der Waals surface area (Å²) in [4.78, 5) is 0. The van der Waals surface area contributed by atoms with Gasteiger partial charge < -0.3 is 10.4 Å². The lowest BCUT2D eigenvalue weighted by atomic mass is 10.1. The lowest BCUT2D eigenvalue weighted by Gasteiger charge is -2.16. The standard InChI is InChI=1S/C12H16BrF2NO/c1-7(5-8(2)17)16-6-9-11(14)4-3-10(13)12(9)15/h3-4,7-8,16-17H,5-6H2,1-2H3. The van der Waals surface area contributed by atoms with Crippen LogP contribution in [0.15, 0.2) is 16.6 Å². The van der Waals surface area contributed by atoms with Gasteiger partial charge in [-0.25, -0.2) is 8.78 Å². The summed E-state index contributed by atoms with van der Waals surface area (Å²) in [6, 6.07) is 2.56. The minimum Gasteiger partial charge on any atom is -0.393 e. The van der Waals surface area contributed by atoms with Crippen molar-refractivity contribution >= 4 is 15.9 Å². The Morgan fingerprint density at radius 1 is 1.35 bits per heavy atom. The second-order valence-corrected chi connectivity index (χ2v) is 5.04. The average Bonchev–Trinajstić information content (AvgIpc) is 2.23. The smallest absolute Gasteiger partial charge is 0.144 e. The van der Waals surface area contributed by atoms with Gasteiger partial charge in [-0.05, 0) is 48.3 Å². The van der Waals surface area contributed by atoms with Crippen molar-refractivity contribution in [1.82, 2.24) is 5.32 Å². The van der Waals surface area contributed by atoms with E-state index in [1.54, 1.807) is 6.92 Å². The van der Waals surface area contributed by atoms with Crippen molar-refractivity contribution in [2.24, 2.45) is 0 Å². The largest absolute Gasteiger partial charge is 0.393 e. The summed E-state index contributed by atoms with van der Waals surface area (Å²) < 4.78 is 27.2. The van der Waals surface area contributed by atoms with Crippen LogP contribution in [0.3, 0.4) is 0 Å². The molecular weight excluding hydrogens is 292 g/mol. The van der Waals surface area contributed by atoms with E-state index in [2.05, 4.69) is 21.2 Å². The number of halogens is 3. The molecule has 0 fully saturated rings. The molecule has 0 aliphatic rings. The summed E-state index contributed by atoms with van der Waals surface area (Å²) in [6.07, 6.45) is 0.103. The van der Waals surface area contributed by atoms with Gasteiger partial charge in [0, 0.05) is 18.2 Å². The topological polar surface area (TPSA) is 32.3 Å². The molecule has 0 spiro atoms. The van der Waals surface area contributed by atoms with E-state index in [1.807, 2.05) is 6.92 Å². The molecule has 2 atom stereocenters. The van der Waals surface area contributed by atoms with Crippen LogP contribution in [-0.4, -0.2) is 17.3 Å². The first-order valence-electron chi connectivity index (χ1n) is 5.45. The van der Waals surface area contributed by atoms with E-state index < -0.39 is 17.7 Å². The molecule has 0 aromatic heterocycles. The maximum absolute atomic E-state index is 13.6. The SMILES string of the molecule is CC(O)CC(C)NCc1c(F)ccc(Br)c1F. The van der Waals surface area contributed by atoms with Crippen molar-refractivity contribution in [2.45, 2.75) is 39.0 Å². The van der Waals surface area contributed by atoms with E-state index in [0.717, 1.165) is 0 Å². The number of nitrogens with one attached hydrogen (secondary N) is 1. The van der Waals surface area contributed by atoms with Crippen molar-refractivity contribution in [1.29, 1.82) is 0 Å². The molecule has 0 saturated heterocycles. The number of benzene rings is 1. The Kier molecular flexibility index (Phi) is 5.49. The van der Waals surface area contributed by atoms with Crippen molar-refractivity contribution in [3.63, 3.8) is 0 Å². The van der Waals surface area contributed by atoms with E-state index in [0.29, 0.717) is 6.42 Å². The van der Waals surface area contributed by atoms with Gasteiger partial charge in [-0.3, -0.25) is 0 Å². The molecule has 5 heteroatoms. The van der Waals surface area contributed by atoms with E-state index in [1.165, 1.54) is 12.1 Å². The molecule has 0 heterocycles. The molecule has 17 heavy (non-hydrogen) atoms. The van der Waals surface area contributed by atoms with Gasteiger partial charge in [-0.2, -0.15) is 0 Å². The molecule has 0 aliphatic carbocycles. The number of hydrogen-bond donors (Lipinski definition) is 2. The van der Waals surface area contributed by atoms with Gasteiger partial charge in [-0.1, -0.05) is 0 Å². The highest BCUT2D eigenvalue weighted by Gasteiger charge is 2.13. The summed E-state index contributed by atoms with van der Waals surface area (Å²) in [6.45, 7) is 3.64. The van der Waals surface area contributed by atoms with Crippen LogP contribution in [0.4, 0.5) is 8.78 Å². The molecule has 0 bridgehead atoms. The second kappa shape index (κ2) is 6.42. The quantitative estimate of drug-likeness (QED) is 0.820. The first-order chi connectivity index (χ1) is 7.91. The Labute approximate surface area is 108 Å². The highest BCUT2D eigenvalue weighted by atomic mass is 79.9. The van der Waals surface area contributed by atoms with Crippen LogP contribution in [0.25, 0.3) is 0 Å². The predicted octanol–water partition coefficient (Wildman–Crippen LogP) is 2.98. The Hall–Kier alpha value is -0.520. The summed E-state index contributed by atoms with van der Waals surface area (Å²) in [7, 11) is 0. The molecule has 0 aliphatic heterocycles. The zero-order valence-electron chi connectivity index (χ0n) is 9.80. The molecule has 2 nitrogen and oxygen atoms in total. The van der Waals surface area contributed by atoms with Crippen molar-refractivity contribution < 1.29 is 13.9 Å². The number of aliphatic hydroxyl groups excluding tert-OH is 1. The lowest BCUT2D eigenvalue weighted by molar-refractivity contribution is 0.170. The number of rotatable bonds is 5. The van der Waals surface area contributed by atoms with Gasteiger partial charge in [0.05, 0.1) is 10.6 Å². The van der Waals surface area contributed by atoms with Gasteiger partial charge in [0.15, 0.2) is 0 Å². The second-order valence-electron chi connectivity index (χ2n) is 4.19. The Balaban J connectivity index is 2.66. The fourth-order valence-electron chi connectivity index (χ4n) is 1.60. The lowest BCUT2D eigenvalue weighted by Crippen LogP contribution is -2.29. The molecule has 2 N–H and O–H groups in total. The van der Waals surface area contributed by atoms with E-state index >= 15 is 0 Å². The summed E-state index contributed by atoms with van der Waals surface area (Å²) in [5.41, 5.74) is 0.0109. The van der Waals surface area contributed by atoms with Crippen molar-refractivity contribution in [3.05, 3.63) is 33.8 Å². The van der Waals surface area contributed by atoms with Crippen LogP contribution in [0.5, 0.6) is 0 Å². The van der Waals surface area contributed by atoms with Crippen LogP contribution in [0, 0.1) is 11.6 Å². The molecule has 1 aromatic rings. The monoisotopic (exact) mass is 307 g/mol. The molecule has 96 valence electrons. The van der Waals surface area contributed by atoms with Gasteiger partial charge in [0.1, 0.15) is 11.6 Å². The van der Waals surface area contributed by atoms with E-state index in [9.17, 15) is 13.9 Å². The van der Waals surface area contributed by atoms with Crippen molar-refractivity contribution in [3.8, 4) is 0 Å². The highest BCUT2D eigenvalue weighted by molar-refractivity contribution is 9.10. The fraction of sp³-hybridized carbons (Fsp3) is 0.500. The zero-order valence-corrected chi connectivity index (χ0v) is 11.4. The number of hydrogen-bond acceptors (Lipinski definition) is 2. The molecule has 0 saturated carbocycles. The van der Waals surface area contributed by atoms with Crippen LogP contribution < -0.4 is 5.32 Å². The molecule has 2 unspecified atom stereocenters. The molecule has 0 amide bonds. The molecule has 1 rings (SSSR count). The van der Waals surface area contributed by atoms with Gasteiger partial charge in [0.2, 0.25) is 0 Å². The van der Waals surface area contributed by atoms with Crippen LogP contribution in [0.2, 0.25) is 0 Å². The molecule has 0 radical (unpaired) electrons. The maximum atomic E-state index is 13.6. The third-order valence-electron chi connectivity index (χ3n) is 2.46. The zero-order chi connectivity index (χ0) is 13.0. The first-order valence-corrected chi connectivity index (χ1v) is 6.25. The van der Waals surface area contributed by atoms with Gasteiger partial charge in [-0.15, -0.1) is 0 Å². The van der Waals surface area contributed by atoms with Crippen LogP contribution in [-0.2, 0) is 6.54 Å². The summed E-state index contributed by atoms with van der Waals surface area (Å²) in [5.74, 6) is -1.15. The Morgan fingerprint density at radius 3 is 2.59 bits per heavy atom. The Bertz CT molecular complexity index is 385. The van der Waals surface area contributed by atoms with E-state index in [-0.39, 0.29) is 22.6 Å². The van der Waals surface area contributed by atoms with Crippen LogP contribution in [0.1, 0.15) is 25.8 Å². The minimum atomic E-state index is -0.582. The summed E-state index contributed by atoms with van der Waals surface area (Å²) >= 11 is 3.02.